The molecule has 0 fully saturated rings. The Morgan fingerprint density at radius 1 is 1.25 bits per heavy atom. The van der Waals surface area contributed by atoms with Crippen LogP contribution in [0.5, 0.6) is 0 Å². The minimum Gasteiger partial charge on any atom is -0.478 e. The number of carboxylic acids is 1. The van der Waals surface area contributed by atoms with Gasteiger partial charge >= 0.3 is 5.97 Å². The van der Waals surface area contributed by atoms with E-state index in [9.17, 15) is 13.2 Å². The maximum atomic E-state index is 12.1. The molecule has 0 saturated carbocycles. The highest BCUT2D eigenvalue weighted by atomic mass is 35.5. The summed E-state index contributed by atoms with van der Waals surface area (Å²) < 4.78 is 26.4. The van der Waals surface area contributed by atoms with E-state index >= 15 is 0 Å². The van der Waals surface area contributed by atoms with E-state index in [-0.39, 0.29) is 25.5 Å². The van der Waals surface area contributed by atoms with Crippen LogP contribution >= 0.6 is 34.5 Å². The number of anilines is 1. The van der Waals surface area contributed by atoms with Crippen LogP contribution in [0.2, 0.25) is 10.0 Å². The van der Waals surface area contributed by atoms with Crippen molar-refractivity contribution in [1.82, 2.24) is 0 Å². The molecule has 9 heteroatoms. The number of carbonyl (C=O) groups is 1. The highest BCUT2D eigenvalue weighted by Crippen LogP contribution is 2.32. The first-order valence-electron chi connectivity index (χ1n) is 5.10. The monoisotopic (exact) mass is 351 g/mol. The van der Waals surface area contributed by atoms with Crippen molar-refractivity contribution in [3.63, 3.8) is 0 Å². The zero-order chi connectivity index (χ0) is 14.9. The van der Waals surface area contributed by atoms with Gasteiger partial charge in [-0.1, -0.05) is 29.3 Å². The average molecular weight is 352 g/mol. The number of benzene rings is 1. The van der Waals surface area contributed by atoms with Crippen molar-refractivity contribution in [1.29, 1.82) is 0 Å². The summed E-state index contributed by atoms with van der Waals surface area (Å²) in [5.74, 6) is -1.20. The number of rotatable bonds is 4. The van der Waals surface area contributed by atoms with Gasteiger partial charge in [0.1, 0.15) is 4.21 Å². The summed E-state index contributed by atoms with van der Waals surface area (Å²) in [7, 11) is -3.93. The molecule has 106 valence electrons. The lowest BCUT2D eigenvalue weighted by atomic mass is 10.3. The van der Waals surface area contributed by atoms with Gasteiger partial charge < -0.3 is 5.11 Å². The first kappa shape index (κ1) is 15.1. The summed E-state index contributed by atoms with van der Waals surface area (Å²) in [6.45, 7) is 0. The van der Waals surface area contributed by atoms with Gasteiger partial charge in [-0.15, -0.1) is 11.3 Å². The van der Waals surface area contributed by atoms with Crippen LogP contribution in [0.25, 0.3) is 0 Å². The van der Waals surface area contributed by atoms with E-state index in [1.54, 1.807) is 6.07 Å². The normalized spacial score (nSPS) is 11.3. The number of thiophene rings is 1. The van der Waals surface area contributed by atoms with E-state index in [2.05, 4.69) is 4.72 Å². The van der Waals surface area contributed by atoms with E-state index in [0.29, 0.717) is 0 Å². The summed E-state index contributed by atoms with van der Waals surface area (Å²) in [6, 6.07) is 5.63. The van der Waals surface area contributed by atoms with Crippen molar-refractivity contribution in [2.45, 2.75) is 4.21 Å². The van der Waals surface area contributed by atoms with Crippen LogP contribution in [0.3, 0.4) is 0 Å². The zero-order valence-corrected chi connectivity index (χ0v) is 12.8. The van der Waals surface area contributed by atoms with Crippen LogP contribution in [-0.4, -0.2) is 19.5 Å². The molecule has 0 aliphatic rings. The van der Waals surface area contributed by atoms with Crippen molar-refractivity contribution < 1.29 is 18.3 Å². The van der Waals surface area contributed by atoms with Gasteiger partial charge in [0, 0.05) is 5.38 Å². The van der Waals surface area contributed by atoms with Gasteiger partial charge in [0.15, 0.2) is 0 Å². The van der Waals surface area contributed by atoms with Crippen molar-refractivity contribution >= 4 is 56.2 Å². The van der Waals surface area contributed by atoms with Crippen molar-refractivity contribution in [3.05, 3.63) is 45.3 Å². The van der Waals surface area contributed by atoms with Gasteiger partial charge in [-0.2, -0.15) is 0 Å². The summed E-state index contributed by atoms with van der Waals surface area (Å²) >= 11 is 12.6. The predicted octanol–water partition coefficient (Wildman–Crippen LogP) is 3.55. The lowest BCUT2D eigenvalue weighted by molar-refractivity contribution is 0.0697. The van der Waals surface area contributed by atoms with Crippen molar-refractivity contribution in [2.24, 2.45) is 0 Å². The topological polar surface area (TPSA) is 83.5 Å². The lowest BCUT2D eigenvalue weighted by Gasteiger charge is -2.09. The maximum absolute atomic E-state index is 12.1. The predicted molar refractivity (Wildman–Crippen MR) is 78.5 cm³/mol. The fourth-order valence-electron chi connectivity index (χ4n) is 1.35. The fourth-order valence-corrected chi connectivity index (χ4v) is 4.21. The molecule has 2 N–H and O–H groups in total. The Bertz CT molecular complexity index is 750. The quantitative estimate of drug-likeness (QED) is 0.881. The number of nitrogens with one attached hydrogen (secondary N) is 1. The molecule has 0 aliphatic carbocycles. The number of sulfonamides is 1. The van der Waals surface area contributed by atoms with Crippen LogP contribution in [-0.2, 0) is 10.0 Å². The Hall–Kier alpha value is -1.28. The molecular formula is C11H7Cl2NO4S2. The summed E-state index contributed by atoms with van der Waals surface area (Å²) in [5, 5.41) is 10.3. The lowest BCUT2D eigenvalue weighted by Crippen LogP contribution is -2.12. The molecule has 0 spiro atoms. The smallest absolute Gasteiger partial charge is 0.336 e. The van der Waals surface area contributed by atoms with E-state index in [1.807, 2.05) is 0 Å². The van der Waals surface area contributed by atoms with Crippen LogP contribution in [0, 0.1) is 0 Å². The second-order valence-corrected chi connectivity index (χ2v) is 7.30. The van der Waals surface area contributed by atoms with Crippen LogP contribution in [0.15, 0.2) is 33.9 Å². The molecule has 0 atom stereocenters. The number of hydrogen-bond donors (Lipinski definition) is 2. The van der Waals surface area contributed by atoms with Gasteiger partial charge in [-0.05, 0) is 18.2 Å². The van der Waals surface area contributed by atoms with Crippen LogP contribution in [0.4, 0.5) is 5.69 Å². The first-order chi connectivity index (χ1) is 9.31. The number of carboxylic acid groups (broad SMARTS) is 1. The van der Waals surface area contributed by atoms with Gasteiger partial charge in [-0.3, -0.25) is 4.72 Å². The molecule has 0 aliphatic heterocycles. The van der Waals surface area contributed by atoms with Gasteiger partial charge in [0.25, 0.3) is 10.0 Å². The molecule has 1 heterocycles. The number of halogens is 2. The van der Waals surface area contributed by atoms with E-state index in [4.69, 9.17) is 28.3 Å². The third-order valence-electron chi connectivity index (χ3n) is 2.29. The van der Waals surface area contributed by atoms with Crippen LogP contribution in [0.1, 0.15) is 10.4 Å². The fraction of sp³-hybridized carbons (Fsp3) is 0. The second kappa shape index (κ2) is 5.61. The molecular weight excluding hydrogens is 345 g/mol. The van der Waals surface area contributed by atoms with Gasteiger partial charge in [0.05, 0.1) is 21.3 Å². The third kappa shape index (κ3) is 3.06. The number of hydrogen-bond acceptors (Lipinski definition) is 4. The minimum absolute atomic E-state index is 0.0566. The molecule has 1 aromatic heterocycles. The van der Waals surface area contributed by atoms with Crippen LogP contribution < -0.4 is 4.72 Å². The van der Waals surface area contributed by atoms with E-state index in [1.165, 1.54) is 17.5 Å². The largest absolute Gasteiger partial charge is 0.478 e. The minimum atomic E-state index is -3.93. The van der Waals surface area contributed by atoms with E-state index < -0.39 is 16.0 Å². The highest BCUT2D eigenvalue weighted by Gasteiger charge is 2.21. The van der Waals surface area contributed by atoms with Crippen molar-refractivity contribution in [2.75, 3.05) is 4.72 Å². The number of aromatic carboxylic acids is 1. The molecule has 2 aromatic rings. The van der Waals surface area contributed by atoms with E-state index in [0.717, 1.165) is 17.4 Å². The third-order valence-corrected chi connectivity index (χ3v) is 5.71. The average Bonchev–Trinajstić information content (AvgIpc) is 2.84. The molecule has 20 heavy (non-hydrogen) atoms. The molecule has 0 radical (unpaired) electrons. The van der Waals surface area contributed by atoms with Crippen molar-refractivity contribution in [3.8, 4) is 0 Å². The Balaban J connectivity index is 2.38. The molecule has 0 saturated heterocycles. The summed E-state index contributed by atoms with van der Waals surface area (Å²) in [4.78, 5) is 10.8. The Morgan fingerprint density at radius 3 is 2.35 bits per heavy atom. The zero-order valence-electron chi connectivity index (χ0n) is 9.63. The maximum Gasteiger partial charge on any atom is 0.336 e. The van der Waals surface area contributed by atoms with Gasteiger partial charge in [0.2, 0.25) is 0 Å². The van der Waals surface area contributed by atoms with Gasteiger partial charge in [-0.25, -0.2) is 13.2 Å². The molecule has 0 bridgehead atoms. The second-order valence-electron chi connectivity index (χ2n) is 3.66. The highest BCUT2D eigenvalue weighted by molar-refractivity contribution is 7.94. The number of para-hydroxylation sites is 1. The molecule has 5 nitrogen and oxygen atoms in total. The molecule has 1 aromatic carbocycles. The first-order valence-corrected chi connectivity index (χ1v) is 8.22. The molecule has 0 amide bonds. The molecule has 0 unspecified atom stereocenters. The Kier molecular flexibility index (Phi) is 4.24. The molecule has 2 rings (SSSR count). The summed E-state index contributed by atoms with van der Waals surface area (Å²) in [5.41, 5.74) is -0.0401. The Morgan fingerprint density at radius 2 is 1.85 bits per heavy atom. The summed E-state index contributed by atoms with van der Waals surface area (Å²) in [6.07, 6.45) is 0. The standard InChI is InChI=1S/C11H7Cl2NO4S2/c12-7-2-1-3-8(13)10(7)14-20(17,18)9-4-6(5-19-9)11(15)16/h1-5,14H,(H,15,16). The SMILES string of the molecule is O=C(O)c1csc(S(=O)(=O)Nc2c(Cl)cccc2Cl)c1. The Labute approximate surface area is 128 Å².